The van der Waals surface area contributed by atoms with Crippen molar-refractivity contribution < 1.29 is 19.1 Å². The lowest BCUT2D eigenvalue weighted by molar-refractivity contribution is -0.161. The van der Waals surface area contributed by atoms with Gasteiger partial charge in [-0.25, -0.2) is 4.98 Å². The first-order valence-corrected chi connectivity index (χ1v) is 9.64. The summed E-state index contributed by atoms with van der Waals surface area (Å²) in [4.78, 5) is 28.9. The van der Waals surface area contributed by atoms with Gasteiger partial charge in [-0.1, -0.05) is 24.3 Å². The van der Waals surface area contributed by atoms with Crippen molar-refractivity contribution in [3.8, 4) is 0 Å². The Morgan fingerprint density at radius 1 is 1.00 bits per heavy atom. The maximum absolute atomic E-state index is 12.1. The molecule has 1 heterocycles. The molecule has 0 aliphatic heterocycles. The van der Waals surface area contributed by atoms with Crippen LogP contribution in [0.4, 0.5) is 11.6 Å². The van der Waals surface area contributed by atoms with Gasteiger partial charge in [-0.3, -0.25) is 9.59 Å². The van der Waals surface area contributed by atoms with Crippen molar-refractivity contribution in [1.82, 2.24) is 9.55 Å². The number of benzene rings is 2. The molecule has 0 aliphatic rings. The SMILES string of the molecule is CCOC(=O)C(Cc1ccc(Nc2nc3ccccc3n2C)cc1)C(=O)OCC. The van der Waals surface area contributed by atoms with Crippen LogP contribution in [0.5, 0.6) is 0 Å². The van der Waals surface area contributed by atoms with Gasteiger partial charge in [0.05, 0.1) is 24.2 Å². The zero-order valence-electron chi connectivity index (χ0n) is 16.8. The molecule has 29 heavy (non-hydrogen) atoms. The van der Waals surface area contributed by atoms with Crippen LogP contribution in [0.15, 0.2) is 48.5 Å². The lowest BCUT2D eigenvalue weighted by Crippen LogP contribution is -2.30. The van der Waals surface area contributed by atoms with E-state index in [0.29, 0.717) is 0 Å². The smallest absolute Gasteiger partial charge is 0.320 e. The first kappa shape index (κ1) is 20.4. The summed E-state index contributed by atoms with van der Waals surface area (Å²) in [6.45, 7) is 3.86. The number of hydrogen-bond donors (Lipinski definition) is 1. The molecule has 2 aromatic carbocycles. The summed E-state index contributed by atoms with van der Waals surface area (Å²) >= 11 is 0. The fraction of sp³-hybridized carbons (Fsp3) is 0.318. The van der Waals surface area contributed by atoms with Crippen LogP contribution in [-0.4, -0.2) is 34.7 Å². The van der Waals surface area contributed by atoms with Gasteiger partial charge < -0.3 is 19.4 Å². The molecule has 7 nitrogen and oxygen atoms in total. The highest BCUT2D eigenvalue weighted by Gasteiger charge is 2.29. The minimum absolute atomic E-state index is 0.218. The average molecular weight is 395 g/mol. The number of carbonyl (C=O) groups excluding carboxylic acids is 2. The van der Waals surface area contributed by atoms with E-state index in [-0.39, 0.29) is 19.6 Å². The van der Waals surface area contributed by atoms with Gasteiger partial charge in [0, 0.05) is 12.7 Å². The van der Waals surface area contributed by atoms with Gasteiger partial charge >= 0.3 is 11.9 Å². The van der Waals surface area contributed by atoms with Gasteiger partial charge in [-0.05, 0) is 50.1 Å². The Labute approximate surface area is 169 Å². The molecule has 3 aromatic rings. The van der Waals surface area contributed by atoms with Gasteiger partial charge in [0.2, 0.25) is 5.95 Å². The molecule has 0 saturated carbocycles. The van der Waals surface area contributed by atoms with E-state index in [0.717, 1.165) is 28.2 Å². The van der Waals surface area contributed by atoms with Gasteiger partial charge in [0.15, 0.2) is 5.92 Å². The number of nitrogens with zero attached hydrogens (tertiary/aromatic N) is 2. The van der Waals surface area contributed by atoms with E-state index in [1.807, 2.05) is 60.1 Å². The molecular weight excluding hydrogens is 370 g/mol. The standard InChI is InChI=1S/C22H25N3O4/c1-4-28-20(26)17(21(27)29-5-2)14-15-10-12-16(13-11-15)23-22-24-18-8-6-7-9-19(18)25(22)3/h6-13,17H,4-5,14H2,1-3H3,(H,23,24). The topological polar surface area (TPSA) is 82.5 Å². The van der Waals surface area contributed by atoms with Gasteiger partial charge in [-0.2, -0.15) is 0 Å². The Morgan fingerprint density at radius 2 is 1.62 bits per heavy atom. The van der Waals surface area contributed by atoms with Crippen LogP contribution in [0.2, 0.25) is 0 Å². The molecular formula is C22H25N3O4. The van der Waals surface area contributed by atoms with Crippen molar-refractivity contribution >= 4 is 34.6 Å². The molecule has 0 bridgehead atoms. The molecule has 0 atom stereocenters. The van der Waals surface area contributed by atoms with Crippen molar-refractivity contribution in [2.24, 2.45) is 13.0 Å². The second-order valence-corrected chi connectivity index (χ2v) is 6.57. The van der Waals surface area contributed by atoms with Crippen LogP contribution in [0.1, 0.15) is 19.4 Å². The molecule has 0 amide bonds. The summed E-state index contributed by atoms with van der Waals surface area (Å²) in [5.41, 5.74) is 3.65. The van der Waals surface area contributed by atoms with E-state index >= 15 is 0 Å². The van der Waals surface area contributed by atoms with Crippen molar-refractivity contribution in [2.75, 3.05) is 18.5 Å². The summed E-state index contributed by atoms with van der Waals surface area (Å²) in [6.07, 6.45) is 0.226. The van der Waals surface area contributed by atoms with Crippen LogP contribution in [0, 0.1) is 5.92 Å². The monoisotopic (exact) mass is 395 g/mol. The lowest BCUT2D eigenvalue weighted by atomic mass is 9.99. The molecule has 7 heteroatoms. The highest BCUT2D eigenvalue weighted by atomic mass is 16.6. The minimum Gasteiger partial charge on any atom is -0.465 e. The number of nitrogens with one attached hydrogen (secondary N) is 1. The molecule has 152 valence electrons. The van der Waals surface area contributed by atoms with Gasteiger partial charge in [0.25, 0.3) is 0 Å². The summed E-state index contributed by atoms with van der Waals surface area (Å²) in [5.74, 6) is -1.36. The fourth-order valence-corrected chi connectivity index (χ4v) is 3.09. The first-order valence-electron chi connectivity index (χ1n) is 9.64. The molecule has 0 aliphatic carbocycles. The molecule has 3 rings (SSSR count). The van der Waals surface area contributed by atoms with Crippen LogP contribution in [0.3, 0.4) is 0 Å². The number of esters is 2. The third kappa shape index (κ3) is 4.74. The Bertz CT molecular complexity index is 977. The van der Waals surface area contributed by atoms with E-state index in [2.05, 4.69) is 10.3 Å². The number of ether oxygens (including phenoxy) is 2. The van der Waals surface area contributed by atoms with Crippen molar-refractivity contribution in [3.63, 3.8) is 0 Å². The molecule has 0 spiro atoms. The maximum atomic E-state index is 12.1. The predicted molar refractivity (Wildman–Crippen MR) is 111 cm³/mol. The number of aromatic nitrogens is 2. The Kier molecular flexibility index (Phi) is 6.49. The minimum atomic E-state index is -0.964. The number of fused-ring (bicyclic) bond motifs is 1. The number of anilines is 2. The number of carbonyl (C=O) groups is 2. The largest absolute Gasteiger partial charge is 0.465 e. The average Bonchev–Trinajstić information content (AvgIpc) is 3.03. The van der Waals surface area contributed by atoms with E-state index < -0.39 is 17.9 Å². The van der Waals surface area contributed by atoms with Crippen molar-refractivity contribution in [2.45, 2.75) is 20.3 Å². The highest BCUT2D eigenvalue weighted by molar-refractivity contribution is 5.95. The fourth-order valence-electron chi connectivity index (χ4n) is 3.09. The number of aryl methyl sites for hydroxylation is 1. The Hall–Kier alpha value is -3.35. The van der Waals surface area contributed by atoms with Gasteiger partial charge in [0.1, 0.15) is 0 Å². The Morgan fingerprint density at radius 3 is 2.21 bits per heavy atom. The zero-order valence-corrected chi connectivity index (χ0v) is 16.8. The third-order valence-corrected chi connectivity index (χ3v) is 4.58. The summed E-state index contributed by atoms with van der Waals surface area (Å²) in [6, 6.07) is 15.4. The quantitative estimate of drug-likeness (QED) is 0.464. The van der Waals surface area contributed by atoms with E-state index in [9.17, 15) is 9.59 Å². The molecule has 1 aromatic heterocycles. The van der Waals surface area contributed by atoms with Gasteiger partial charge in [-0.15, -0.1) is 0 Å². The van der Waals surface area contributed by atoms with Crippen LogP contribution in [-0.2, 0) is 32.5 Å². The predicted octanol–water partition coefficient (Wildman–Crippen LogP) is 3.60. The molecule has 0 radical (unpaired) electrons. The summed E-state index contributed by atoms with van der Waals surface area (Å²) in [7, 11) is 1.95. The molecule has 0 unspecified atom stereocenters. The zero-order chi connectivity index (χ0) is 20.8. The van der Waals surface area contributed by atoms with Crippen LogP contribution >= 0.6 is 0 Å². The van der Waals surface area contributed by atoms with E-state index in [1.165, 1.54) is 0 Å². The number of para-hydroxylation sites is 2. The molecule has 0 saturated heterocycles. The lowest BCUT2D eigenvalue weighted by Gasteiger charge is -2.14. The van der Waals surface area contributed by atoms with E-state index in [1.54, 1.807) is 13.8 Å². The van der Waals surface area contributed by atoms with Crippen molar-refractivity contribution in [3.05, 3.63) is 54.1 Å². The second-order valence-electron chi connectivity index (χ2n) is 6.57. The van der Waals surface area contributed by atoms with E-state index in [4.69, 9.17) is 9.47 Å². The molecule has 1 N–H and O–H groups in total. The summed E-state index contributed by atoms with van der Waals surface area (Å²) < 4.78 is 12.0. The normalized spacial score (nSPS) is 10.9. The third-order valence-electron chi connectivity index (χ3n) is 4.58. The maximum Gasteiger partial charge on any atom is 0.320 e. The van der Waals surface area contributed by atoms with Crippen LogP contribution in [0.25, 0.3) is 11.0 Å². The number of imidazole rings is 1. The number of rotatable bonds is 8. The number of hydrogen-bond acceptors (Lipinski definition) is 6. The highest BCUT2D eigenvalue weighted by Crippen LogP contribution is 2.22. The first-order chi connectivity index (χ1) is 14.0. The van der Waals surface area contributed by atoms with Crippen LogP contribution < -0.4 is 5.32 Å². The summed E-state index contributed by atoms with van der Waals surface area (Å²) in [5, 5.41) is 3.30. The molecule has 0 fully saturated rings. The second kappa shape index (κ2) is 9.23. The Balaban J connectivity index is 1.73. The van der Waals surface area contributed by atoms with Crippen molar-refractivity contribution in [1.29, 1.82) is 0 Å².